The molecular formula is C66H44N2. The Hall–Kier alpha value is -8.98. The second-order valence-corrected chi connectivity index (χ2v) is 17.7. The Morgan fingerprint density at radius 2 is 0.735 bits per heavy atom. The number of rotatable bonds is 8. The smallest absolute Gasteiger partial charge is 0.0619 e. The van der Waals surface area contributed by atoms with Gasteiger partial charge in [-0.05, 0) is 132 Å². The summed E-state index contributed by atoms with van der Waals surface area (Å²) in [5, 5.41) is 9.99. The number of nitrogens with zero attached hydrogens (tertiary/aromatic N) is 2. The first-order valence-corrected chi connectivity index (χ1v) is 23.4. The Morgan fingerprint density at radius 1 is 0.265 bits per heavy atom. The van der Waals surface area contributed by atoms with E-state index in [2.05, 4.69) is 276 Å². The van der Waals surface area contributed by atoms with Gasteiger partial charge in [0.2, 0.25) is 0 Å². The zero-order chi connectivity index (χ0) is 45.0. The van der Waals surface area contributed by atoms with Gasteiger partial charge in [0.05, 0.1) is 11.0 Å². The van der Waals surface area contributed by atoms with Crippen LogP contribution in [0.5, 0.6) is 0 Å². The molecule has 1 aromatic heterocycles. The normalized spacial score (nSPS) is 11.5. The van der Waals surface area contributed by atoms with Crippen molar-refractivity contribution < 1.29 is 0 Å². The molecule has 0 amide bonds. The first-order chi connectivity index (χ1) is 33.7. The average Bonchev–Trinajstić information content (AvgIpc) is 3.76. The molecule has 0 aliphatic heterocycles. The van der Waals surface area contributed by atoms with Crippen LogP contribution in [0.1, 0.15) is 0 Å². The molecule has 0 unspecified atom stereocenters. The molecule has 0 bridgehead atoms. The van der Waals surface area contributed by atoms with Crippen molar-refractivity contribution >= 4 is 71.2 Å². The van der Waals surface area contributed by atoms with E-state index in [9.17, 15) is 0 Å². The van der Waals surface area contributed by atoms with Crippen LogP contribution in [0.15, 0.2) is 267 Å². The van der Waals surface area contributed by atoms with E-state index in [-0.39, 0.29) is 0 Å². The number of anilines is 3. The van der Waals surface area contributed by atoms with Crippen molar-refractivity contribution in [2.24, 2.45) is 0 Å². The lowest BCUT2D eigenvalue weighted by molar-refractivity contribution is 1.19. The monoisotopic (exact) mass is 864 g/mol. The summed E-state index contributed by atoms with van der Waals surface area (Å²) in [6.07, 6.45) is 0. The molecule has 0 aliphatic rings. The van der Waals surface area contributed by atoms with Gasteiger partial charge in [-0.25, -0.2) is 0 Å². The molecule has 0 aliphatic carbocycles. The molecule has 0 fully saturated rings. The van der Waals surface area contributed by atoms with E-state index in [0.29, 0.717) is 0 Å². The first-order valence-electron chi connectivity index (χ1n) is 23.4. The van der Waals surface area contributed by atoms with Crippen LogP contribution in [-0.2, 0) is 0 Å². The van der Waals surface area contributed by atoms with E-state index in [1.165, 1.54) is 93.1 Å². The van der Waals surface area contributed by atoms with Crippen molar-refractivity contribution in [3.05, 3.63) is 267 Å². The maximum absolute atomic E-state index is 2.44. The van der Waals surface area contributed by atoms with E-state index < -0.39 is 0 Å². The number of hydrogen-bond donors (Lipinski definition) is 0. The molecule has 318 valence electrons. The second-order valence-electron chi connectivity index (χ2n) is 17.7. The van der Waals surface area contributed by atoms with Crippen LogP contribution in [0.4, 0.5) is 17.1 Å². The molecule has 1 heterocycles. The van der Waals surface area contributed by atoms with Crippen molar-refractivity contribution in [3.8, 4) is 50.2 Å². The summed E-state index contributed by atoms with van der Waals surface area (Å²) in [6.45, 7) is 0. The van der Waals surface area contributed by atoms with Crippen LogP contribution in [0, 0.1) is 0 Å². The number of fused-ring (bicyclic) bond motifs is 7. The summed E-state index contributed by atoms with van der Waals surface area (Å²) < 4.78 is 2.44. The third-order valence-corrected chi connectivity index (χ3v) is 13.8. The molecular weight excluding hydrogens is 821 g/mol. The van der Waals surface area contributed by atoms with Crippen molar-refractivity contribution in [2.45, 2.75) is 0 Å². The fraction of sp³-hybridized carbons (Fsp3) is 0. The largest absolute Gasteiger partial charge is 0.311 e. The summed E-state index contributed by atoms with van der Waals surface area (Å²) in [6, 6.07) is 97.4. The Kier molecular flexibility index (Phi) is 9.54. The standard InChI is InChI=1S/C66H44N2/c1-3-14-48(15-4-1)59-23-11-18-51-19-12-24-60(65(51)59)50-31-39-58(40-32-50)67(56-35-27-46(28-36-56)53-26-25-45-13-7-8-17-52(45)43-53)57-37-29-47(30-38-57)54-34-41-62-63-42-33-49-16-9-10-22-61(49)66(63)68(64(62)44-54)55-20-5-2-6-21-55/h1-44H. The summed E-state index contributed by atoms with van der Waals surface area (Å²) in [5.74, 6) is 0. The minimum atomic E-state index is 1.09. The molecule has 2 nitrogen and oxygen atoms in total. The van der Waals surface area contributed by atoms with E-state index in [1.54, 1.807) is 0 Å². The summed E-state index contributed by atoms with van der Waals surface area (Å²) in [4.78, 5) is 2.37. The average molecular weight is 865 g/mol. The zero-order valence-electron chi connectivity index (χ0n) is 37.3. The van der Waals surface area contributed by atoms with Gasteiger partial charge in [0.15, 0.2) is 0 Å². The van der Waals surface area contributed by atoms with Gasteiger partial charge in [0, 0.05) is 38.9 Å². The highest BCUT2D eigenvalue weighted by molar-refractivity contribution is 6.19. The lowest BCUT2D eigenvalue weighted by Gasteiger charge is -2.26. The molecule has 0 saturated carbocycles. The maximum Gasteiger partial charge on any atom is 0.0619 e. The molecule has 2 heteroatoms. The number of para-hydroxylation sites is 1. The van der Waals surface area contributed by atoms with Crippen molar-refractivity contribution in [2.75, 3.05) is 4.90 Å². The van der Waals surface area contributed by atoms with Gasteiger partial charge >= 0.3 is 0 Å². The van der Waals surface area contributed by atoms with Crippen LogP contribution in [0.2, 0.25) is 0 Å². The summed E-state index contributed by atoms with van der Waals surface area (Å²) >= 11 is 0. The van der Waals surface area contributed by atoms with Crippen molar-refractivity contribution in [1.82, 2.24) is 4.57 Å². The molecule has 13 rings (SSSR count). The molecule has 0 saturated heterocycles. The van der Waals surface area contributed by atoms with E-state index >= 15 is 0 Å². The predicted molar refractivity (Wildman–Crippen MR) is 290 cm³/mol. The van der Waals surface area contributed by atoms with Gasteiger partial charge in [-0.15, -0.1) is 0 Å². The van der Waals surface area contributed by atoms with E-state index in [1.807, 2.05) is 0 Å². The Labute approximate surface area is 395 Å². The minimum absolute atomic E-state index is 1.09. The van der Waals surface area contributed by atoms with E-state index in [0.717, 1.165) is 28.3 Å². The summed E-state index contributed by atoms with van der Waals surface area (Å²) in [7, 11) is 0. The fourth-order valence-corrected chi connectivity index (χ4v) is 10.5. The molecule has 0 spiro atoms. The highest BCUT2D eigenvalue weighted by Gasteiger charge is 2.18. The molecule has 0 N–H and O–H groups in total. The van der Waals surface area contributed by atoms with Crippen LogP contribution >= 0.6 is 0 Å². The van der Waals surface area contributed by atoms with Crippen molar-refractivity contribution in [3.63, 3.8) is 0 Å². The predicted octanol–water partition coefficient (Wildman–Crippen LogP) is 18.4. The van der Waals surface area contributed by atoms with Gasteiger partial charge < -0.3 is 9.47 Å². The number of benzene rings is 12. The van der Waals surface area contributed by atoms with Gasteiger partial charge in [0.1, 0.15) is 0 Å². The van der Waals surface area contributed by atoms with E-state index in [4.69, 9.17) is 0 Å². The van der Waals surface area contributed by atoms with Crippen LogP contribution in [-0.4, -0.2) is 4.57 Å². The van der Waals surface area contributed by atoms with Crippen molar-refractivity contribution in [1.29, 1.82) is 0 Å². The molecule has 13 aromatic rings. The fourth-order valence-electron chi connectivity index (χ4n) is 10.5. The Morgan fingerprint density at radius 3 is 1.40 bits per heavy atom. The SMILES string of the molecule is c1ccc(-c2cccc3cccc(-c4ccc(N(c5ccc(-c6ccc7ccccc7c6)cc5)c5ccc(-c6ccc7c8ccc9ccccc9c8n(-c8ccccc8)c7c6)cc5)cc4)c23)cc1. The van der Waals surface area contributed by atoms with Crippen LogP contribution in [0.25, 0.3) is 104 Å². The van der Waals surface area contributed by atoms with Crippen LogP contribution in [0.3, 0.4) is 0 Å². The van der Waals surface area contributed by atoms with Gasteiger partial charge in [-0.3, -0.25) is 0 Å². The van der Waals surface area contributed by atoms with Gasteiger partial charge in [0.25, 0.3) is 0 Å². The quantitative estimate of drug-likeness (QED) is 0.148. The highest BCUT2D eigenvalue weighted by Crippen LogP contribution is 2.42. The molecule has 0 atom stereocenters. The molecule has 0 radical (unpaired) electrons. The lowest BCUT2D eigenvalue weighted by atomic mass is 9.91. The summed E-state index contributed by atoms with van der Waals surface area (Å²) in [5.41, 5.74) is 16.4. The number of aromatic nitrogens is 1. The van der Waals surface area contributed by atoms with Gasteiger partial charge in [-0.1, -0.05) is 206 Å². The lowest BCUT2D eigenvalue weighted by Crippen LogP contribution is -2.09. The minimum Gasteiger partial charge on any atom is -0.311 e. The van der Waals surface area contributed by atoms with Crippen LogP contribution < -0.4 is 4.90 Å². The zero-order valence-corrected chi connectivity index (χ0v) is 37.3. The Bertz CT molecular complexity index is 3980. The first kappa shape index (κ1) is 39.4. The topological polar surface area (TPSA) is 8.17 Å². The highest BCUT2D eigenvalue weighted by atomic mass is 15.1. The second kappa shape index (κ2) is 16.5. The molecule has 68 heavy (non-hydrogen) atoms. The molecule has 12 aromatic carbocycles. The maximum atomic E-state index is 2.44. The Balaban J connectivity index is 0.911. The van der Waals surface area contributed by atoms with Gasteiger partial charge in [-0.2, -0.15) is 0 Å². The third-order valence-electron chi connectivity index (χ3n) is 13.8. The third kappa shape index (κ3) is 6.82. The number of hydrogen-bond acceptors (Lipinski definition) is 1.